The van der Waals surface area contributed by atoms with Crippen molar-refractivity contribution in [2.24, 2.45) is 0 Å². The van der Waals surface area contributed by atoms with E-state index in [1.165, 1.54) is 6.07 Å². The lowest BCUT2D eigenvalue weighted by Crippen LogP contribution is -2.35. The van der Waals surface area contributed by atoms with E-state index in [4.69, 9.17) is 11.6 Å². The molecular formula is C9H10BrClN2O4S. The number of anilines is 1. The van der Waals surface area contributed by atoms with Gasteiger partial charge in [0.05, 0.1) is 21.8 Å². The van der Waals surface area contributed by atoms with Crippen LogP contribution in [0.25, 0.3) is 0 Å². The van der Waals surface area contributed by atoms with Crippen LogP contribution in [0.4, 0.5) is 10.5 Å². The molecule has 0 radical (unpaired) electrons. The molecule has 0 saturated carbocycles. The molecule has 0 spiro atoms. The molecule has 18 heavy (non-hydrogen) atoms. The monoisotopic (exact) mass is 356 g/mol. The maximum atomic E-state index is 11.6. The van der Waals surface area contributed by atoms with Gasteiger partial charge in [0.1, 0.15) is 0 Å². The maximum absolute atomic E-state index is 11.6. The predicted molar refractivity (Wildman–Crippen MR) is 71.9 cm³/mol. The Kier molecular flexibility index (Phi) is 5.24. The highest BCUT2D eigenvalue weighted by atomic mass is 79.9. The minimum atomic E-state index is -4.06. The summed E-state index contributed by atoms with van der Waals surface area (Å²) in [6.07, 6.45) is -1.05. The average molecular weight is 358 g/mol. The van der Waals surface area contributed by atoms with E-state index >= 15 is 0 Å². The Balaban J connectivity index is 2.83. The van der Waals surface area contributed by atoms with Gasteiger partial charge in [-0.2, -0.15) is 8.42 Å². The Labute approximate surface area is 118 Å². The quantitative estimate of drug-likeness (QED) is 0.867. The van der Waals surface area contributed by atoms with Crippen molar-refractivity contribution < 1.29 is 17.9 Å². The Morgan fingerprint density at radius 2 is 2.17 bits per heavy atom. The summed E-state index contributed by atoms with van der Waals surface area (Å²) in [5.41, 5.74) is 0.208. The van der Waals surface area contributed by atoms with Crippen LogP contribution in [-0.2, 0) is 14.9 Å². The van der Waals surface area contributed by atoms with Gasteiger partial charge in [0.15, 0.2) is 0 Å². The molecule has 100 valence electrons. The molecule has 9 heteroatoms. The summed E-state index contributed by atoms with van der Waals surface area (Å²) in [5, 5.41) is 0.339. The fourth-order valence-corrected chi connectivity index (χ4v) is 2.48. The van der Waals surface area contributed by atoms with Crippen molar-refractivity contribution in [3.63, 3.8) is 0 Å². The van der Waals surface area contributed by atoms with Crippen LogP contribution in [0.15, 0.2) is 22.7 Å². The number of halogens is 2. The molecular weight excluding hydrogens is 348 g/mol. The summed E-state index contributed by atoms with van der Waals surface area (Å²) in [4.78, 5) is 11.0. The second-order valence-corrected chi connectivity index (χ2v) is 5.64. The summed E-state index contributed by atoms with van der Waals surface area (Å²) < 4.78 is 31.8. The summed E-state index contributed by atoms with van der Waals surface area (Å²) in [6, 6.07) is 4.64. The van der Waals surface area contributed by atoms with E-state index in [9.17, 15) is 13.2 Å². The number of benzene rings is 1. The van der Waals surface area contributed by atoms with E-state index in [2.05, 4.69) is 25.4 Å². The molecule has 0 unspecified atom stereocenters. The van der Waals surface area contributed by atoms with Crippen LogP contribution in [0.2, 0.25) is 5.02 Å². The van der Waals surface area contributed by atoms with Gasteiger partial charge in [-0.3, -0.25) is 4.72 Å². The molecule has 0 aliphatic rings. The first-order chi connectivity index (χ1) is 8.35. The molecule has 1 rings (SSSR count). The van der Waals surface area contributed by atoms with Crippen molar-refractivity contribution in [2.45, 2.75) is 6.92 Å². The van der Waals surface area contributed by atoms with Gasteiger partial charge in [0.25, 0.3) is 0 Å². The van der Waals surface area contributed by atoms with Crippen LogP contribution < -0.4 is 9.44 Å². The summed E-state index contributed by atoms with van der Waals surface area (Å²) in [6.45, 7) is 1.63. The topological polar surface area (TPSA) is 84.5 Å². The van der Waals surface area contributed by atoms with Crippen molar-refractivity contribution in [3.8, 4) is 0 Å². The van der Waals surface area contributed by atoms with Crippen molar-refractivity contribution in [3.05, 3.63) is 27.7 Å². The number of hydrogen-bond donors (Lipinski definition) is 2. The highest BCUT2D eigenvalue weighted by Gasteiger charge is 2.16. The van der Waals surface area contributed by atoms with Gasteiger partial charge >= 0.3 is 16.3 Å². The third kappa shape index (κ3) is 4.35. The SMILES string of the molecule is CCOC(=O)NS(=O)(=O)Nc1cccc(Cl)c1Br. The maximum Gasteiger partial charge on any atom is 0.422 e. The normalized spacial score (nSPS) is 10.8. The molecule has 0 saturated heterocycles. The third-order valence-electron chi connectivity index (χ3n) is 1.69. The third-order valence-corrected chi connectivity index (χ3v) is 4.01. The van der Waals surface area contributed by atoms with Crippen LogP contribution in [-0.4, -0.2) is 21.1 Å². The Bertz CT molecular complexity index is 549. The summed E-state index contributed by atoms with van der Waals surface area (Å²) in [7, 11) is -4.06. The molecule has 0 atom stereocenters. The number of nitrogens with one attached hydrogen (secondary N) is 2. The first kappa shape index (κ1) is 15.1. The number of amides is 1. The Hall–Kier alpha value is -0.990. The molecule has 0 aliphatic carbocycles. The molecule has 0 bridgehead atoms. The minimum absolute atomic E-state index is 0.0716. The standard InChI is InChI=1S/C9H10BrClN2O4S/c1-2-17-9(14)13-18(15,16)12-7-5-3-4-6(11)8(7)10/h3-5,12H,2H2,1H3,(H,13,14). The molecule has 1 amide bonds. The van der Waals surface area contributed by atoms with Crippen LogP contribution in [0.3, 0.4) is 0 Å². The van der Waals surface area contributed by atoms with Crippen molar-refractivity contribution in [1.82, 2.24) is 4.72 Å². The zero-order chi connectivity index (χ0) is 13.8. The first-order valence-corrected chi connectivity index (χ1v) is 7.42. The van der Waals surface area contributed by atoms with E-state index in [1.54, 1.807) is 23.8 Å². The predicted octanol–water partition coefficient (Wildman–Crippen LogP) is 2.51. The van der Waals surface area contributed by atoms with Gasteiger partial charge in [0, 0.05) is 0 Å². The van der Waals surface area contributed by atoms with Gasteiger partial charge in [-0.15, -0.1) is 0 Å². The zero-order valence-electron chi connectivity index (χ0n) is 9.24. The van der Waals surface area contributed by atoms with E-state index in [0.717, 1.165) is 0 Å². The Morgan fingerprint density at radius 3 is 2.78 bits per heavy atom. The second-order valence-electron chi connectivity index (χ2n) is 3.03. The van der Waals surface area contributed by atoms with Crippen LogP contribution in [0, 0.1) is 0 Å². The van der Waals surface area contributed by atoms with Crippen molar-refractivity contribution in [2.75, 3.05) is 11.3 Å². The van der Waals surface area contributed by atoms with Gasteiger partial charge in [-0.1, -0.05) is 17.7 Å². The van der Waals surface area contributed by atoms with Crippen molar-refractivity contribution in [1.29, 1.82) is 0 Å². The summed E-state index contributed by atoms with van der Waals surface area (Å²) >= 11 is 8.93. The van der Waals surface area contributed by atoms with Gasteiger partial charge in [-0.25, -0.2) is 9.52 Å². The van der Waals surface area contributed by atoms with Crippen LogP contribution in [0.1, 0.15) is 6.92 Å². The molecule has 0 fully saturated rings. The molecule has 1 aromatic rings. The Morgan fingerprint density at radius 1 is 1.50 bits per heavy atom. The number of rotatable bonds is 4. The molecule has 1 aromatic carbocycles. The molecule has 6 nitrogen and oxygen atoms in total. The minimum Gasteiger partial charge on any atom is -0.449 e. The number of ether oxygens (including phenoxy) is 1. The average Bonchev–Trinajstić information content (AvgIpc) is 2.24. The lowest BCUT2D eigenvalue weighted by molar-refractivity contribution is 0.159. The highest BCUT2D eigenvalue weighted by Crippen LogP contribution is 2.30. The smallest absolute Gasteiger partial charge is 0.422 e. The van der Waals surface area contributed by atoms with Crippen LogP contribution >= 0.6 is 27.5 Å². The van der Waals surface area contributed by atoms with Gasteiger partial charge < -0.3 is 4.74 Å². The van der Waals surface area contributed by atoms with E-state index < -0.39 is 16.3 Å². The second kappa shape index (κ2) is 6.26. The van der Waals surface area contributed by atoms with Gasteiger partial charge in [0.2, 0.25) is 0 Å². The molecule has 0 aromatic heterocycles. The largest absolute Gasteiger partial charge is 0.449 e. The first-order valence-electron chi connectivity index (χ1n) is 4.77. The lowest BCUT2D eigenvalue weighted by atomic mass is 10.3. The number of carbonyl (C=O) groups is 1. The van der Waals surface area contributed by atoms with Crippen molar-refractivity contribution >= 4 is 49.5 Å². The van der Waals surface area contributed by atoms with E-state index in [1.807, 2.05) is 0 Å². The number of hydrogen-bond acceptors (Lipinski definition) is 4. The fourth-order valence-electron chi connectivity index (χ4n) is 1.02. The highest BCUT2D eigenvalue weighted by molar-refractivity contribution is 9.10. The van der Waals surface area contributed by atoms with E-state index in [-0.39, 0.29) is 12.3 Å². The van der Waals surface area contributed by atoms with Gasteiger partial charge in [-0.05, 0) is 35.0 Å². The van der Waals surface area contributed by atoms with E-state index in [0.29, 0.717) is 9.50 Å². The van der Waals surface area contributed by atoms with Crippen LogP contribution in [0.5, 0.6) is 0 Å². The lowest BCUT2D eigenvalue weighted by Gasteiger charge is -2.11. The zero-order valence-corrected chi connectivity index (χ0v) is 12.4. The molecule has 0 heterocycles. The molecule has 0 aliphatic heterocycles. The number of carbonyl (C=O) groups excluding carboxylic acids is 1. The fraction of sp³-hybridized carbons (Fsp3) is 0.222. The molecule has 2 N–H and O–H groups in total. The summed E-state index contributed by atoms with van der Waals surface area (Å²) in [5.74, 6) is 0.